The molecule has 0 spiro atoms. The third-order valence-electron chi connectivity index (χ3n) is 3.01. The normalized spacial score (nSPS) is 12.9. The van der Waals surface area contributed by atoms with Gasteiger partial charge in [-0.15, -0.1) is 0 Å². The Kier molecular flexibility index (Phi) is 5.44. The Morgan fingerprint density at radius 2 is 2.10 bits per heavy atom. The number of ether oxygens (including phenoxy) is 1. The molecular weight excluding hydrogens is 258 g/mol. The molecule has 0 aliphatic heterocycles. The van der Waals surface area contributed by atoms with Crippen molar-refractivity contribution in [1.29, 1.82) is 0 Å². The predicted molar refractivity (Wildman–Crippen MR) is 76.7 cm³/mol. The largest absolute Gasteiger partial charge is 0.463 e. The van der Waals surface area contributed by atoms with E-state index in [1.165, 1.54) is 7.11 Å². The van der Waals surface area contributed by atoms with Gasteiger partial charge in [-0.05, 0) is 18.8 Å². The van der Waals surface area contributed by atoms with Crippen LogP contribution < -0.4 is 5.32 Å². The van der Waals surface area contributed by atoms with Crippen LogP contribution in [0.15, 0.2) is 6.07 Å². The van der Waals surface area contributed by atoms with E-state index in [9.17, 15) is 4.79 Å². The van der Waals surface area contributed by atoms with Gasteiger partial charge in [0.05, 0.1) is 7.11 Å². The summed E-state index contributed by atoms with van der Waals surface area (Å²) in [6.45, 7) is 8.11. The van der Waals surface area contributed by atoms with Crippen molar-refractivity contribution >= 4 is 11.8 Å². The van der Waals surface area contributed by atoms with Crippen molar-refractivity contribution in [3.63, 3.8) is 0 Å². The molecule has 0 aromatic carbocycles. The summed E-state index contributed by atoms with van der Waals surface area (Å²) < 4.78 is 4.63. The maximum absolute atomic E-state index is 11.5. The zero-order valence-corrected chi connectivity index (χ0v) is 12.7. The van der Waals surface area contributed by atoms with E-state index in [4.69, 9.17) is 5.11 Å². The Labute approximate surface area is 119 Å². The summed E-state index contributed by atoms with van der Waals surface area (Å²) in [6, 6.07) is 1.80. The molecule has 0 saturated carbocycles. The summed E-state index contributed by atoms with van der Waals surface area (Å²) in [5.41, 5.74) is 0.632. The summed E-state index contributed by atoms with van der Waals surface area (Å²) >= 11 is 0. The maximum Gasteiger partial charge on any atom is 0.376 e. The summed E-state index contributed by atoms with van der Waals surface area (Å²) in [5, 5.41) is 12.4. The molecule has 0 aliphatic carbocycles. The van der Waals surface area contributed by atoms with Crippen LogP contribution in [0.5, 0.6) is 0 Å². The highest BCUT2D eigenvalue weighted by atomic mass is 16.5. The van der Waals surface area contributed by atoms with E-state index in [1.54, 1.807) is 13.0 Å². The van der Waals surface area contributed by atoms with Crippen LogP contribution in [-0.2, 0) is 4.74 Å². The van der Waals surface area contributed by atoms with Gasteiger partial charge in [-0.3, -0.25) is 0 Å². The van der Waals surface area contributed by atoms with E-state index < -0.39 is 5.97 Å². The molecule has 0 saturated heterocycles. The monoisotopic (exact) mass is 281 g/mol. The lowest BCUT2D eigenvalue weighted by molar-refractivity contribution is 0.0586. The number of carbonyl (C=O) groups is 1. The highest BCUT2D eigenvalue weighted by Gasteiger charge is 2.25. The second-order valence-electron chi connectivity index (χ2n) is 5.78. The average molecular weight is 281 g/mol. The molecule has 112 valence electrons. The van der Waals surface area contributed by atoms with Crippen molar-refractivity contribution in [1.82, 2.24) is 9.97 Å². The van der Waals surface area contributed by atoms with Gasteiger partial charge in [0.25, 0.3) is 0 Å². The standard InChI is InChI=1S/C14H23N3O3/c1-9-8-11(17-12(15-9)13(19)20-5)16-10(6-7-18)14(2,3)4/h8,10,18H,6-7H2,1-5H3,(H,15,16,17). The number of methoxy groups -OCH3 is 1. The Morgan fingerprint density at radius 3 is 2.60 bits per heavy atom. The number of anilines is 1. The van der Waals surface area contributed by atoms with Crippen molar-refractivity contribution in [2.24, 2.45) is 5.41 Å². The molecule has 2 N–H and O–H groups in total. The summed E-state index contributed by atoms with van der Waals surface area (Å²) in [5.74, 6) is 0.0316. The molecule has 1 unspecified atom stereocenters. The molecule has 20 heavy (non-hydrogen) atoms. The average Bonchev–Trinajstić information content (AvgIpc) is 2.35. The van der Waals surface area contributed by atoms with E-state index in [0.717, 1.165) is 0 Å². The molecule has 0 fully saturated rings. The van der Waals surface area contributed by atoms with Gasteiger partial charge < -0.3 is 15.2 Å². The SMILES string of the molecule is COC(=O)c1nc(C)cc(NC(CCO)C(C)(C)C)n1. The van der Waals surface area contributed by atoms with Crippen LogP contribution in [0, 0.1) is 12.3 Å². The fourth-order valence-electron chi connectivity index (χ4n) is 1.85. The van der Waals surface area contributed by atoms with Crippen LogP contribution in [0.2, 0.25) is 0 Å². The minimum absolute atomic E-state index is 0.0339. The highest BCUT2D eigenvalue weighted by molar-refractivity contribution is 5.85. The number of carbonyl (C=O) groups excluding carboxylic acids is 1. The van der Waals surface area contributed by atoms with Gasteiger partial charge in [-0.2, -0.15) is 0 Å². The lowest BCUT2D eigenvalue weighted by atomic mass is 9.85. The van der Waals surface area contributed by atoms with Crippen LogP contribution in [0.3, 0.4) is 0 Å². The second-order valence-corrected chi connectivity index (χ2v) is 5.78. The van der Waals surface area contributed by atoms with Crippen molar-refractivity contribution in [3.8, 4) is 0 Å². The minimum atomic E-state index is -0.564. The number of esters is 1. The molecule has 1 aromatic heterocycles. The van der Waals surface area contributed by atoms with E-state index in [1.807, 2.05) is 0 Å². The number of aliphatic hydroxyl groups excluding tert-OH is 1. The Balaban J connectivity index is 3.01. The van der Waals surface area contributed by atoms with Crippen molar-refractivity contribution < 1.29 is 14.6 Å². The molecule has 1 rings (SSSR count). The molecule has 1 atom stereocenters. The van der Waals surface area contributed by atoms with Crippen molar-refractivity contribution in [3.05, 3.63) is 17.6 Å². The topological polar surface area (TPSA) is 84.3 Å². The minimum Gasteiger partial charge on any atom is -0.463 e. The van der Waals surface area contributed by atoms with E-state index in [0.29, 0.717) is 17.9 Å². The van der Waals surface area contributed by atoms with Crippen LogP contribution >= 0.6 is 0 Å². The van der Waals surface area contributed by atoms with E-state index in [-0.39, 0.29) is 23.9 Å². The number of aliphatic hydroxyl groups is 1. The second kappa shape index (κ2) is 6.65. The van der Waals surface area contributed by atoms with Crippen LogP contribution in [0.4, 0.5) is 5.82 Å². The van der Waals surface area contributed by atoms with Gasteiger partial charge in [-0.25, -0.2) is 14.8 Å². The summed E-state index contributed by atoms with van der Waals surface area (Å²) in [6.07, 6.45) is 0.597. The molecule has 6 heteroatoms. The first-order chi connectivity index (χ1) is 9.27. The van der Waals surface area contributed by atoms with Crippen molar-refractivity contribution in [2.75, 3.05) is 19.0 Å². The summed E-state index contributed by atoms with van der Waals surface area (Å²) in [4.78, 5) is 19.7. The Morgan fingerprint density at radius 1 is 1.45 bits per heavy atom. The zero-order valence-electron chi connectivity index (χ0n) is 12.7. The number of nitrogens with one attached hydrogen (secondary N) is 1. The smallest absolute Gasteiger partial charge is 0.376 e. The third-order valence-corrected chi connectivity index (χ3v) is 3.01. The van der Waals surface area contributed by atoms with Gasteiger partial charge in [0.1, 0.15) is 5.82 Å². The quantitative estimate of drug-likeness (QED) is 0.800. The number of aryl methyl sites for hydroxylation is 1. The first-order valence-electron chi connectivity index (χ1n) is 6.59. The predicted octanol–water partition coefficient (Wildman–Crippen LogP) is 1.78. The fourth-order valence-corrected chi connectivity index (χ4v) is 1.85. The fraction of sp³-hybridized carbons (Fsp3) is 0.643. The van der Waals surface area contributed by atoms with Crippen LogP contribution in [-0.4, -0.2) is 40.8 Å². The first kappa shape index (κ1) is 16.4. The number of nitrogens with zero attached hydrogens (tertiary/aromatic N) is 2. The molecule has 6 nitrogen and oxygen atoms in total. The molecule has 0 amide bonds. The molecule has 0 radical (unpaired) electrons. The number of hydrogen-bond acceptors (Lipinski definition) is 6. The number of rotatable bonds is 5. The molecule has 0 aliphatic rings. The number of aromatic nitrogens is 2. The van der Waals surface area contributed by atoms with Gasteiger partial charge in [-0.1, -0.05) is 20.8 Å². The van der Waals surface area contributed by atoms with Gasteiger partial charge in [0.15, 0.2) is 0 Å². The zero-order chi connectivity index (χ0) is 15.3. The van der Waals surface area contributed by atoms with Crippen molar-refractivity contribution in [2.45, 2.75) is 40.2 Å². The highest BCUT2D eigenvalue weighted by Crippen LogP contribution is 2.25. The molecule has 1 aromatic rings. The Hall–Kier alpha value is -1.69. The number of hydrogen-bond donors (Lipinski definition) is 2. The lowest BCUT2D eigenvalue weighted by Gasteiger charge is -2.31. The van der Waals surface area contributed by atoms with Gasteiger partial charge in [0, 0.05) is 24.4 Å². The lowest BCUT2D eigenvalue weighted by Crippen LogP contribution is -2.35. The van der Waals surface area contributed by atoms with E-state index >= 15 is 0 Å². The van der Waals surface area contributed by atoms with Gasteiger partial charge in [0.2, 0.25) is 5.82 Å². The molecule has 1 heterocycles. The van der Waals surface area contributed by atoms with Crippen LogP contribution in [0.1, 0.15) is 43.5 Å². The first-order valence-corrected chi connectivity index (χ1v) is 6.59. The molecule has 0 bridgehead atoms. The van der Waals surface area contributed by atoms with Crippen LogP contribution in [0.25, 0.3) is 0 Å². The van der Waals surface area contributed by atoms with E-state index in [2.05, 4.69) is 40.8 Å². The third kappa shape index (κ3) is 4.45. The van der Waals surface area contributed by atoms with Gasteiger partial charge >= 0.3 is 5.97 Å². The summed E-state index contributed by atoms with van der Waals surface area (Å²) in [7, 11) is 1.30. The Bertz CT molecular complexity index is 469. The maximum atomic E-state index is 11.5. The molecular formula is C14H23N3O3.